The van der Waals surface area contributed by atoms with Crippen LogP contribution in [0, 0.1) is 0 Å². The molecule has 3 rings (SSSR count). The monoisotopic (exact) mass is 444 g/mol. The SMILES string of the molecule is CCOc1cc2c(cc1CNC(=O)c1cc(OC)c(OCC(N)=O)c(OC)c1)O[C@H](C)C2. The molecule has 0 saturated carbocycles. The molecule has 0 spiro atoms. The molecule has 0 unspecified atom stereocenters. The molecule has 9 nitrogen and oxygen atoms in total. The van der Waals surface area contributed by atoms with Gasteiger partial charge in [-0.3, -0.25) is 9.59 Å². The molecule has 1 atom stereocenters. The highest BCUT2D eigenvalue weighted by atomic mass is 16.5. The second-order valence-corrected chi connectivity index (χ2v) is 7.28. The van der Waals surface area contributed by atoms with Crippen LogP contribution in [0.3, 0.4) is 0 Å². The first kappa shape index (κ1) is 23.1. The summed E-state index contributed by atoms with van der Waals surface area (Å²) in [4.78, 5) is 23.9. The summed E-state index contributed by atoms with van der Waals surface area (Å²) >= 11 is 0. The molecule has 0 bridgehead atoms. The maximum Gasteiger partial charge on any atom is 0.255 e. The zero-order valence-corrected chi connectivity index (χ0v) is 18.7. The Hall–Kier alpha value is -3.62. The van der Waals surface area contributed by atoms with Gasteiger partial charge in [-0.15, -0.1) is 0 Å². The third kappa shape index (κ3) is 5.16. The number of methoxy groups -OCH3 is 2. The number of hydrogen-bond acceptors (Lipinski definition) is 7. The van der Waals surface area contributed by atoms with E-state index in [9.17, 15) is 9.59 Å². The smallest absolute Gasteiger partial charge is 0.255 e. The molecule has 2 amide bonds. The van der Waals surface area contributed by atoms with Crippen molar-refractivity contribution in [2.75, 3.05) is 27.4 Å². The number of nitrogens with one attached hydrogen (secondary N) is 1. The second kappa shape index (κ2) is 10.1. The summed E-state index contributed by atoms with van der Waals surface area (Å²) in [5, 5.41) is 2.89. The molecular formula is C23H28N2O7. The topological polar surface area (TPSA) is 118 Å². The number of rotatable bonds is 10. The first-order valence-corrected chi connectivity index (χ1v) is 10.3. The van der Waals surface area contributed by atoms with E-state index < -0.39 is 5.91 Å². The van der Waals surface area contributed by atoms with E-state index in [0.717, 1.165) is 29.0 Å². The van der Waals surface area contributed by atoms with Crippen LogP contribution in [0.15, 0.2) is 24.3 Å². The zero-order chi connectivity index (χ0) is 23.3. The number of carbonyl (C=O) groups excluding carboxylic acids is 2. The number of fused-ring (bicyclic) bond motifs is 1. The lowest BCUT2D eigenvalue weighted by molar-refractivity contribution is -0.120. The van der Waals surface area contributed by atoms with Gasteiger partial charge in [0, 0.05) is 29.7 Å². The van der Waals surface area contributed by atoms with Crippen molar-refractivity contribution >= 4 is 11.8 Å². The average Bonchev–Trinajstić information content (AvgIpc) is 3.13. The predicted octanol–water partition coefficient (Wildman–Crippen LogP) is 2.22. The van der Waals surface area contributed by atoms with E-state index in [0.29, 0.717) is 12.2 Å². The largest absolute Gasteiger partial charge is 0.494 e. The van der Waals surface area contributed by atoms with Gasteiger partial charge in [0.2, 0.25) is 5.75 Å². The van der Waals surface area contributed by atoms with Crippen molar-refractivity contribution in [2.24, 2.45) is 5.73 Å². The van der Waals surface area contributed by atoms with Gasteiger partial charge in [-0.05, 0) is 38.1 Å². The van der Waals surface area contributed by atoms with Gasteiger partial charge >= 0.3 is 0 Å². The van der Waals surface area contributed by atoms with E-state index in [4.69, 9.17) is 29.4 Å². The zero-order valence-electron chi connectivity index (χ0n) is 18.7. The normalized spacial score (nSPS) is 14.2. The summed E-state index contributed by atoms with van der Waals surface area (Å²) in [6.07, 6.45) is 0.936. The van der Waals surface area contributed by atoms with Crippen molar-refractivity contribution < 1.29 is 33.3 Å². The summed E-state index contributed by atoms with van der Waals surface area (Å²) in [5.74, 6) is 1.21. The second-order valence-electron chi connectivity index (χ2n) is 7.28. The fraction of sp³-hybridized carbons (Fsp3) is 0.391. The first-order chi connectivity index (χ1) is 15.4. The number of amides is 2. The number of hydrogen-bond donors (Lipinski definition) is 2. The molecular weight excluding hydrogens is 416 g/mol. The van der Waals surface area contributed by atoms with Gasteiger partial charge in [0.25, 0.3) is 11.8 Å². The van der Waals surface area contributed by atoms with Gasteiger partial charge in [0.05, 0.1) is 20.8 Å². The van der Waals surface area contributed by atoms with Crippen LogP contribution in [-0.4, -0.2) is 45.4 Å². The Morgan fingerprint density at radius 3 is 2.38 bits per heavy atom. The Morgan fingerprint density at radius 2 is 1.78 bits per heavy atom. The molecule has 3 N–H and O–H groups in total. The van der Waals surface area contributed by atoms with E-state index in [-0.39, 0.29) is 42.4 Å². The van der Waals surface area contributed by atoms with Crippen LogP contribution >= 0.6 is 0 Å². The van der Waals surface area contributed by atoms with Crippen LogP contribution in [0.25, 0.3) is 0 Å². The lowest BCUT2D eigenvalue weighted by Crippen LogP contribution is -2.24. The molecule has 9 heteroatoms. The molecule has 0 aliphatic carbocycles. The highest BCUT2D eigenvalue weighted by Gasteiger charge is 2.23. The fourth-order valence-corrected chi connectivity index (χ4v) is 3.48. The minimum atomic E-state index is -0.645. The minimum Gasteiger partial charge on any atom is -0.494 e. The van der Waals surface area contributed by atoms with E-state index in [2.05, 4.69) is 5.32 Å². The molecule has 1 aliphatic rings. The Bertz CT molecular complexity index is 981. The number of carbonyl (C=O) groups is 2. The van der Waals surface area contributed by atoms with Gasteiger partial charge in [-0.1, -0.05) is 0 Å². The molecule has 1 aliphatic heterocycles. The Balaban J connectivity index is 1.80. The van der Waals surface area contributed by atoms with E-state index in [1.807, 2.05) is 26.0 Å². The summed E-state index contributed by atoms with van der Waals surface area (Å²) in [6.45, 7) is 4.33. The van der Waals surface area contributed by atoms with E-state index in [1.54, 1.807) is 0 Å². The Morgan fingerprint density at radius 1 is 1.09 bits per heavy atom. The van der Waals surface area contributed by atoms with Crippen molar-refractivity contribution in [2.45, 2.75) is 32.9 Å². The molecule has 1 heterocycles. The van der Waals surface area contributed by atoms with Crippen LogP contribution in [0.4, 0.5) is 0 Å². The molecule has 0 aromatic heterocycles. The summed E-state index contributed by atoms with van der Waals surface area (Å²) < 4.78 is 27.6. The van der Waals surface area contributed by atoms with Crippen LogP contribution in [0.5, 0.6) is 28.7 Å². The van der Waals surface area contributed by atoms with E-state index >= 15 is 0 Å². The summed E-state index contributed by atoms with van der Waals surface area (Å²) in [6, 6.07) is 6.89. The summed E-state index contributed by atoms with van der Waals surface area (Å²) in [5.41, 5.74) is 7.35. The lowest BCUT2D eigenvalue weighted by atomic mass is 10.1. The maximum atomic E-state index is 12.9. The summed E-state index contributed by atoms with van der Waals surface area (Å²) in [7, 11) is 2.85. The molecule has 0 radical (unpaired) electrons. The van der Waals surface area contributed by atoms with Crippen LogP contribution in [0.2, 0.25) is 0 Å². The highest BCUT2D eigenvalue weighted by molar-refractivity contribution is 5.95. The Kier molecular flexibility index (Phi) is 7.29. The standard InChI is InChI=1S/C23H28N2O7/c1-5-30-17-7-14-6-13(2)32-18(14)10-16(17)11-25-23(27)15-8-19(28-3)22(20(9-15)29-4)31-12-21(24)26/h7-10,13H,5-6,11-12H2,1-4H3,(H2,24,26)(H,25,27)/t13-/m1/s1. The van der Waals surface area contributed by atoms with Crippen molar-refractivity contribution in [3.05, 3.63) is 41.0 Å². The minimum absolute atomic E-state index is 0.111. The maximum absolute atomic E-state index is 12.9. The van der Waals surface area contributed by atoms with Crippen LogP contribution in [-0.2, 0) is 17.8 Å². The number of primary amides is 1. The first-order valence-electron chi connectivity index (χ1n) is 10.3. The number of ether oxygens (including phenoxy) is 5. The fourth-order valence-electron chi connectivity index (χ4n) is 3.48. The molecule has 0 saturated heterocycles. The van der Waals surface area contributed by atoms with Gasteiger partial charge in [0.15, 0.2) is 18.1 Å². The predicted molar refractivity (Wildman–Crippen MR) is 117 cm³/mol. The van der Waals surface area contributed by atoms with Crippen molar-refractivity contribution in [1.29, 1.82) is 0 Å². The van der Waals surface area contributed by atoms with Gasteiger partial charge in [-0.25, -0.2) is 0 Å². The molecule has 32 heavy (non-hydrogen) atoms. The molecule has 172 valence electrons. The third-order valence-electron chi connectivity index (χ3n) is 4.90. The third-order valence-corrected chi connectivity index (χ3v) is 4.90. The van der Waals surface area contributed by atoms with Gasteiger partial charge in [-0.2, -0.15) is 0 Å². The number of nitrogens with two attached hydrogens (primary N) is 1. The average molecular weight is 444 g/mol. The van der Waals surface area contributed by atoms with Crippen molar-refractivity contribution in [3.63, 3.8) is 0 Å². The van der Waals surface area contributed by atoms with Crippen molar-refractivity contribution in [1.82, 2.24) is 5.32 Å². The van der Waals surface area contributed by atoms with Crippen LogP contribution < -0.4 is 34.7 Å². The quantitative estimate of drug-likeness (QED) is 0.577. The van der Waals surface area contributed by atoms with E-state index in [1.165, 1.54) is 26.4 Å². The van der Waals surface area contributed by atoms with Crippen LogP contribution in [0.1, 0.15) is 35.3 Å². The molecule has 2 aromatic carbocycles. The Labute approximate surface area is 186 Å². The molecule has 0 fully saturated rings. The molecule has 2 aromatic rings. The van der Waals surface area contributed by atoms with Gasteiger partial charge < -0.3 is 34.7 Å². The van der Waals surface area contributed by atoms with Gasteiger partial charge in [0.1, 0.15) is 17.6 Å². The number of benzene rings is 2. The highest BCUT2D eigenvalue weighted by Crippen LogP contribution is 2.39. The van der Waals surface area contributed by atoms with Crippen molar-refractivity contribution in [3.8, 4) is 28.7 Å². The lowest BCUT2D eigenvalue weighted by Gasteiger charge is -2.16.